The van der Waals surface area contributed by atoms with Gasteiger partial charge in [0.2, 0.25) is 0 Å². The number of pyridine rings is 2. The topological polar surface area (TPSA) is 114 Å². The summed E-state index contributed by atoms with van der Waals surface area (Å²) in [5, 5.41) is 25.7. The van der Waals surface area contributed by atoms with Crippen molar-refractivity contribution in [1.29, 1.82) is 0 Å². The molecule has 0 bridgehead atoms. The molecule has 2 N–H and O–H groups in total. The first kappa shape index (κ1) is 33.2. The van der Waals surface area contributed by atoms with E-state index in [4.69, 9.17) is 32.7 Å². The summed E-state index contributed by atoms with van der Waals surface area (Å²) in [4.78, 5) is 21.2. The molecule has 4 aromatic carbocycles. The fourth-order valence-electron chi connectivity index (χ4n) is 4.99. The average molecular weight is 661 g/mol. The molecule has 6 aromatic rings. The van der Waals surface area contributed by atoms with Crippen LogP contribution >= 0.6 is 23.2 Å². The van der Waals surface area contributed by atoms with Gasteiger partial charge in [-0.15, -0.1) is 0 Å². The quantitative estimate of drug-likeness (QED) is 0.0664. The molecular weight excluding hydrogens is 636 g/mol. The third kappa shape index (κ3) is 7.78. The van der Waals surface area contributed by atoms with Gasteiger partial charge in [-0.3, -0.25) is 0 Å². The molecule has 0 spiro atoms. The Labute approximate surface area is 296 Å². The number of carbonyl (C=O) groups is 1. The van der Waals surface area contributed by atoms with Crippen LogP contribution in [-0.2, 0) is 18.0 Å². The van der Waals surface area contributed by atoms with E-state index in [1.54, 1.807) is 60.7 Å². The minimum atomic E-state index is -1.34. The van der Waals surface area contributed by atoms with Crippen molar-refractivity contribution < 1.29 is 24.6 Å². The van der Waals surface area contributed by atoms with Crippen molar-refractivity contribution >= 4 is 86.2 Å². The average Bonchev–Trinajstić information content (AvgIpc) is 3.05. The predicted molar refractivity (Wildman–Crippen MR) is 180 cm³/mol. The number of aromatic nitrogens is 2. The summed E-state index contributed by atoms with van der Waals surface area (Å²) in [6.07, 6.45) is 0. The van der Waals surface area contributed by atoms with Crippen LogP contribution in [0.5, 0.6) is 11.5 Å². The van der Waals surface area contributed by atoms with Gasteiger partial charge in [-0.2, -0.15) is 0 Å². The first-order valence-corrected chi connectivity index (χ1v) is 14.6. The van der Waals surface area contributed by atoms with Crippen molar-refractivity contribution in [3.63, 3.8) is 0 Å². The Bertz CT molecular complexity index is 1910. The molecule has 6 rings (SSSR count). The zero-order valence-electron chi connectivity index (χ0n) is 24.6. The normalized spacial score (nSPS) is 11.4. The second kappa shape index (κ2) is 14.9. The van der Waals surface area contributed by atoms with Gasteiger partial charge in [-0.25, -0.2) is 14.8 Å². The summed E-state index contributed by atoms with van der Waals surface area (Å²) in [6.45, 7) is 0.460. The third-order valence-corrected chi connectivity index (χ3v) is 7.69. The number of fused-ring (bicyclic) bond motifs is 2. The van der Waals surface area contributed by atoms with E-state index < -0.39 is 17.6 Å². The minimum Gasteiger partial charge on any atom is -0.487 e. The summed E-state index contributed by atoms with van der Waals surface area (Å²) in [6, 6.07) is 32.6. The number of oxime groups is 1. The molecule has 0 aliphatic rings. The van der Waals surface area contributed by atoms with E-state index in [0.717, 1.165) is 33.2 Å². The second-order valence-electron chi connectivity index (χ2n) is 10.2. The fourth-order valence-corrected chi connectivity index (χ4v) is 5.32. The van der Waals surface area contributed by atoms with E-state index in [9.17, 15) is 15.1 Å². The molecule has 0 saturated heterocycles. The van der Waals surface area contributed by atoms with Crippen LogP contribution in [0.2, 0.25) is 10.0 Å². The van der Waals surface area contributed by atoms with Crippen molar-refractivity contribution in [2.45, 2.75) is 19.1 Å². The van der Waals surface area contributed by atoms with Gasteiger partial charge >= 0.3 is 5.97 Å². The van der Waals surface area contributed by atoms with Gasteiger partial charge in [0.15, 0.2) is 5.71 Å². The van der Waals surface area contributed by atoms with Crippen LogP contribution in [0.4, 0.5) is 0 Å². The Morgan fingerprint density at radius 3 is 1.48 bits per heavy atom. The zero-order chi connectivity index (χ0) is 31.3. The monoisotopic (exact) mass is 660 g/mol. The predicted octanol–water partition coefficient (Wildman–Crippen LogP) is 7.91. The van der Waals surface area contributed by atoms with E-state index >= 15 is 0 Å². The smallest absolute Gasteiger partial charge is 0.354 e. The number of benzene rings is 4. The van der Waals surface area contributed by atoms with Gasteiger partial charge in [-0.1, -0.05) is 76.9 Å². The van der Waals surface area contributed by atoms with Gasteiger partial charge in [0.1, 0.15) is 24.7 Å². The number of ether oxygens (including phenoxy) is 2. The van der Waals surface area contributed by atoms with E-state index in [1.807, 2.05) is 48.5 Å². The van der Waals surface area contributed by atoms with E-state index in [-0.39, 0.29) is 42.8 Å². The van der Waals surface area contributed by atoms with Crippen molar-refractivity contribution in [2.24, 2.45) is 5.16 Å². The zero-order valence-corrected chi connectivity index (χ0v) is 28.1. The molecule has 11 heteroatoms. The Kier molecular flexibility index (Phi) is 10.8. The Balaban J connectivity index is 0.00000417. The van der Waals surface area contributed by atoms with Crippen LogP contribution in [0.15, 0.2) is 114 Å². The maximum Gasteiger partial charge on any atom is 0.354 e. The minimum absolute atomic E-state index is 0. The molecule has 0 aliphatic heterocycles. The number of carboxylic acids is 1. The molecule has 8 nitrogen and oxygen atoms in total. The SMILES string of the molecule is O=C(O)C(=NO)C(c1ccc(OCc2ccc3ccc(Cl)cc3n2)cc1)c1ccc(OCc2ccc3ccc(Cl)cc3n2)cc1.[Na]. The Morgan fingerprint density at radius 2 is 1.09 bits per heavy atom. The van der Waals surface area contributed by atoms with E-state index in [2.05, 4.69) is 15.1 Å². The maximum absolute atomic E-state index is 12.0. The third-order valence-electron chi connectivity index (χ3n) is 7.22. The van der Waals surface area contributed by atoms with Gasteiger partial charge in [0.25, 0.3) is 0 Å². The molecule has 0 atom stereocenters. The molecule has 0 saturated carbocycles. The number of rotatable bonds is 10. The maximum atomic E-state index is 12.0. The van der Waals surface area contributed by atoms with Crippen LogP contribution < -0.4 is 9.47 Å². The molecule has 0 unspecified atom stereocenters. The Hall–Kier alpha value is -4.18. The summed E-state index contributed by atoms with van der Waals surface area (Å²) in [5.74, 6) is -1.06. The number of aliphatic carboxylic acids is 1. The summed E-state index contributed by atoms with van der Waals surface area (Å²) >= 11 is 12.2. The van der Waals surface area contributed by atoms with Crippen LogP contribution in [0.25, 0.3) is 21.8 Å². The van der Waals surface area contributed by atoms with E-state index in [0.29, 0.717) is 32.7 Å². The molecule has 0 fully saturated rings. The standard InChI is InChI=1S/C35H25Cl2N3O5.Na/c36-25-9-1-21-3-11-27(38-31(21)17-25)19-44-29-13-5-23(6-14-29)33(34(40-43)35(41)42)24-7-15-30(16-8-24)45-20-28-12-4-22-2-10-26(37)18-32(22)39-28;/h1-18,33,43H,19-20H2,(H,41,42);. The molecule has 1 radical (unpaired) electrons. The molecule has 2 aromatic heterocycles. The molecule has 0 amide bonds. The van der Waals surface area contributed by atoms with Crippen LogP contribution in [0.3, 0.4) is 0 Å². The number of nitrogens with zero attached hydrogens (tertiary/aromatic N) is 3. The van der Waals surface area contributed by atoms with Gasteiger partial charge in [0.05, 0.1) is 28.3 Å². The van der Waals surface area contributed by atoms with Crippen molar-refractivity contribution in [1.82, 2.24) is 9.97 Å². The van der Waals surface area contributed by atoms with Crippen LogP contribution in [0.1, 0.15) is 28.4 Å². The number of halogens is 2. The molecule has 0 aliphatic carbocycles. The van der Waals surface area contributed by atoms with Crippen molar-refractivity contribution in [3.05, 3.63) is 142 Å². The first-order valence-electron chi connectivity index (χ1n) is 13.9. The summed E-state index contributed by atoms with van der Waals surface area (Å²) in [5.41, 5.74) is 3.80. The van der Waals surface area contributed by atoms with Gasteiger partial charge in [0, 0.05) is 50.4 Å². The van der Waals surface area contributed by atoms with Gasteiger partial charge < -0.3 is 19.8 Å². The molecule has 225 valence electrons. The summed E-state index contributed by atoms with van der Waals surface area (Å²) < 4.78 is 11.9. The largest absolute Gasteiger partial charge is 0.487 e. The molecule has 46 heavy (non-hydrogen) atoms. The van der Waals surface area contributed by atoms with Crippen molar-refractivity contribution in [3.8, 4) is 11.5 Å². The fraction of sp³-hybridized carbons (Fsp3) is 0.0857. The first-order chi connectivity index (χ1) is 21.9. The van der Waals surface area contributed by atoms with Crippen molar-refractivity contribution in [2.75, 3.05) is 0 Å². The van der Waals surface area contributed by atoms with Crippen LogP contribution in [-0.4, -0.2) is 61.5 Å². The summed E-state index contributed by atoms with van der Waals surface area (Å²) in [7, 11) is 0. The molecule has 2 heterocycles. The van der Waals surface area contributed by atoms with E-state index in [1.165, 1.54) is 0 Å². The Morgan fingerprint density at radius 1 is 0.674 bits per heavy atom. The molecular formula is C35H25Cl2N3NaO5. The number of hydrogen-bond donors (Lipinski definition) is 2. The number of carboxylic acid groups (broad SMARTS) is 1. The van der Waals surface area contributed by atoms with Gasteiger partial charge in [-0.05, 0) is 71.8 Å². The second-order valence-corrected chi connectivity index (χ2v) is 11.1. The number of hydrogen-bond acceptors (Lipinski definition) is 7. The van der Waals surface area contributed by atoms with Crippen LogP contribution in [0, 0.1) is 0 Å².